The van der Waals surface area contributed by atoms with Gasteiger partial charge in [0.25, 0.3) is 0 Å². The molecule has 0 bridgehead atoms. The predicted octanol–water partition coefficient (Wildman–Crippen LogP) is 3.14. The summed E-state index contributed by atoms with van der Waals surface area (Å²) in [5.41, 5.74) is 3.56. The van der Waals surface area contributed by atoms with Crippen LogP contribution in [0.4, 0.5) is 0 Å². The van der Waals surface area contributed by atoms with Crippen LogP contribution in [0.15, 0.2) is 53.1 Å². The van der Waals surface area contributed by atoms with Crippen molar-refractivity contribution < 1.29 is 24.3 Å². The first kappa shape index (κ1) is 16.7. The Morgan fingerprint density at radius 2 is 1.72 bits per heavy atom. The van der Waals surface area contributed by atoms with E-state index in [1.54, 1.807) is 31.4 Å². The van der Waals surface area contributed by atoms with E-state index < -0.39 is 5.97 Å². The van der Waals surface area contributed by atoms with Gasteiger partial charge in [-0.05, 0) is 23.3 Å². The van der Waals surface area contributed by atoms with Crippen LogP contribution in [0.25, 0.3) is 22.4 Å². The number of aliphatic hydroxyl groups is 1. The minimum atomic E-state index is -0.993. The first-order valence-electron chi connectivity index (χ1n) is 7.67. The molecule has 2 N–H and O–H groups in total. The molecule has 0 aliphatic heterocycles. The van der Waals surface area contributed by atoms with E-state index in [-0.39, 0.29) is 13.0 Å². The Bertz CT molecular complexity index is 866. The molecule has 6 heteroatoms. The van der Waals surface area contributed by atoms with Crippen LogP contribution in [-0.4, -0.2) is 28.4 Å². The summed E-state index contributed by atoms with van der Waals surface area (Å²) in [4.78, 5) is 11.1. The van der Waals surface area contributed by atoms with Crippen molar-refractivity contribution in [3.8, 4) is 28.1 Å². The number of carbonyl (C=O) groups is 1. The Morgan fingerprint density at radius 3 is 2.28 bits per heavy atom. The van der Waals surface area contributed by atoms with Gasteiger partial charge in [-0.3, -0.25) is 4.79 Å². The average Bonchev–Trinajstić information content (AvgIpc) is 3.04. The highest BCUT2D eigenvalue weighted by Crippen LogP contribution is 2.35. The van der Waals surface area contributed by atoms with Crippen molar-refractivity contribution in [1.82, 2.24) is 5.16 Å². The molecule has 0 aliphatic rings. The lowest BCUT2D eigenvalue weighted by Gasteiger charge is -2.06. The Morgan fingerprint density at radius 1 is 1.08 bits per heavy atom. The zero-order valence-electron chi connectivity index (χ0n) is 13.6. The molecule has 128 valence electrons. The molecule has 0 amide bonds. The van der Waals surface area contributed by atoms with Gasteiger partial charge < -0.3 is 19.5 Å². The number of aromatic nitrogens is 1. The summed E-state index contributed by atoms with van der Waals surface area (Å²) in [5, 5.41) is 22.4. The van der Waals surface area contributed by atoms with Gasteiger partial charge >= 0.3 is 5.97 Å². The quantitative estimate of drug-likeness (QED) is 0.717. The molecule has 0 saturated carbocycles. The van der Waals surface area contributed by atoms with Crippen molar-refractivity contribution in [3.63, 3.8) is 0 Å². The summed E-state index contributed by atoms with van der Waals surface area (Å²) in [7, 11) is 1.58. The maximum absolute atomic E-state index is 11.1. The lowest BCUT2D eigenvalue weighted by molar-refractivity contribution is -0.136. The van der Waals surface area contributed by atoms with Crippen LogP contribution >= 0.6 is 0 Å². The fourth-order valence-electron chi connectivity index (χ4n) is 2.60. The molecule has 3 aromatic rings. The second kappa shape index (κ2) is 7.19. The molecule has 3 rings (SSSR count). The third-order valence-electron chi connectivity index (χ3n) is 3.86. The lowest BCUT2D eigenvalue weighted by atomic mass is 9.97. The highest BCUT2D eigenvalue weighted by atomic mass is 16.5. The van der Waals surface area contributed by atoms with Crippen LogP contribution in [-0.2, 0) is 17.8 Å². The molecule has 6 nitrogen and oxygen atoms in total. The van der Waals surface area contributed by atoms with Crippen molar-refractivity contribution in [2.24, 2.45) is 0 Å². The molecular weight excluding hydrogens is 322 g/mol. The minimum Gasteiger partial charge on any atom is -0.497 e. The highest BCUT2D eigenvalue weighted by Gasteiger charge is 2.21. The van der Waals surface area contributed by atoms with Crippen LogP contribution in [0.1, 0.15) is 11.3 Å². The van der Waals surface area contributed by atoms with Crippen LogP contribution in [0, 0.1) is 0 Å². The number of aliphatic carboxylic acids is 1. The van der Waals surface area contributed by atoms with Gasteiger partial charge in [0.2, 0.25) is 0 Å². The second-order valence-corrected chi connectivity index (χ2v) is 5.48. The number of methoxy groups -OCH3 is 1. The molecule has 0 unspecified atom stereocenters. The van der Waals surface area contributed by atoms with Gasteiger partial charge in [-0.2, -0.15) is 0 Å². The number of benzene rings is 2. The Hall–Kier alpha value is -3.12. The monoisotopic (exact) mass is 339 g/mol. The number of hydrogen-bond donors (Lipinski definition) is 2. The van der Waals surface area contributed by atoms with Crippen LogP contribution in [0.2, 0.25) is 0 Å². The summed E-state index contributed by atoms with van der Waals surface area (Å²) in [6, 6.07) is 14.5. The Balaban J connectivity index is 2.11. The lowest BCUT2D eigenvalue weighted by Crippen LogP contribution is -2.00. The number of ether oxygens (including phenoxy) is 1. The SMILES string of the molecule is COc1ccc(-c2c(-c3ccc(CO)cc3)noc2CC(=O)O)cc1. The third-order valence-corrected chi connectivity index (χ3v) is 3.86. The van der Waals surface area contributed by atoms with Crippen molar-refractivity contribution in [2.45, 2.75) is 13.0 Å². The number of nitrogens with zero attached hydrogens (tertiary/aromatic N) is 1. The summed E-state index contributed by atoms with van der Waals surface area (Å²) < 4.78 is 10.5. The molecule has 0 fully saturated rings. The van der Waals surface area contributed by atoms with E-state index in [9.17, 15) is 9.90 Å². The van der Waals surface area contributed by atoms with E-state index in [1.807, 2.05) is 24.3 Å². The smallest absolute Gasteiger partial charge is 0.311 e. The first-order valence-corrected chi connectivity index (χ1v) is 7.67. The average molecular weight is 339 g/mol. The van der Waals surface area contributed by atoms with Gasteiger partial charge in [-0.1, -0.05) is 41.6 Å². The normalized spacial score (nSPS) is 10.6. The summed E-state index contributed by atoms with van der Waals surface area (Å²) in [5.74, 6) is 0.000768. The molecule has 0 spiro atoms. The topological polar surface area (TPSA) is 92.8 Å². The van der Waals surface area contributed by atoms with Crippen molar-refractivity contribution in [3.05, 3.63) is 59.9 Å². The van der Waals surface area contributed by atoms with E-state index in [0.717, 1.165) is 16.7 Å². The fourth-order valence-corrected chi connectivity index (χ4v) is 2.60. The van der Waals surface area contributed by atoms with Crippen LogP contribution in [0.3, 0.4) is 0 Å². The number of hydrogen-bond acceptors (Lipinski definition) is 5. The Labute approximate surface area is 144 Å². The fraction of sp³-hybridized carbons (Fsp3) is 0.158. The molecule has 0 radical (unpaired) electrons. The van der Waals surface area contributed by atoms with Crippen molar-refractivity contribution in [2.75, 3.05) is 7.11 Å². The highest BCUT2D eigenvalue weighted by molar-refractivity contribution is 5.84. The standard InChI is InChI=1S/C19H17NO5/c1-24-15-8-6-13(7-9-15)18-16(10-17(22)23)25-20-19(18)14-4-2-12(11-21)3-5-14/h2-9,21H,10-11H2,1H3,(H,22,23). The number of carboxylic acids is 1. The van der Waals surface area contributed by atoms with Gasteiger partial charge in [0, 0.05) is 5.56 Å². The van der Waals surface area contributed by atoms with Crippen molar-refractivity contribution in [1.29, 1.82) is 0 Å². The molecule has 0 atom stereocenters. The van der Waals surface area contributed by atoms with E-state index in [1.165, 1.54) is 0 Å². The summed E-state index contributed by atoms with van der Waals surface area (Å²) in [6.45, 7) is -0.0469. The number of rotatable bonds is 6. The second-order valence-electron chi connectivity index (χ2n) is 5.48. The molecule has 0 aliphatic carbocycles. The molecule has 0 saturated heterocycles. The van der Waals surface area contributed by atoms with E-state index >= 15 is 0 Å². The zero-order chi connectivity index (χ0) is 17.8. The van der Waals surface area contributed by atoms with E-state index in [0.29, 0.717) is 22.8 Å². The molecule has 25 heavy (non-hydrogen) atoms. The maximum Gasteiger partial charge on any atom is 0.311 e. The molecule has 1 heterocycles. The van der Waals surface area contributed by atoms with Gasteiger partial charge in [-0.25, -0.2) is 0 Å². The van der Waals surface area contributed by atoms with Crippen LogP contribution in [0.5, 0.6) is 5.75 Å². The third kappa shape index (κ3) is 3.54. The van der Waals surface area contributed by atoms with Gasteiger partial charge in [0.15, 0.2) is 5.76 Å². The Kier molecular flexibility index (Phi) is 4.81. The van der Waals surface area contributed by atoms with E-state index in [4.69, 9.17) is 14.4 Å². The number of aliphatic hydroxyl groups excluding tert-OH is 1. The van der Waals surface area contributed by atoms with Gasteiger partial charge in [0.05, 0.1) is 19.3 Å². The first-order chi connectivity index (χ1) is 12.1. The van der Waals surface area contributed by atoms with Gasteiger partial charge in [0.1, 0.15) is 17.9 Å². The van der Waals surface area contributed by atoms with E-state index in [2.05, 4.69) is 5.16 Å². The predicted molar refractivity (Wildman–Crippen MR) is 91.2 cm³/mol. The van der Waals surface area contributed by atoms with Crippen molar-refractivity contribution >= 4 is 5.97 Å². The number of carboxylic acid groups (broad SMARTS) is 1. The summed E-state index contributed by atoms with van der Waals surface area (Å²) >= 11 is 0. The maximum atomic E-state index is 11.1. The largest absolute Gasteiger partial charge is 0.497 e. The molecule has 1 aromatic heterocycles. The molecular formula is C19H17NO5. The van der Waals surface area contributed by atoms with Gasteiger partial charge in [-0.15, -0.1) is 0 Å². The minimum absolute atomic E-state index is 0.0469. The van der Waals surface area contributed by atoms with Crippen LogP contribution < -0.4 is 4.74 Å². The molecule has 2 aromatic carbocycles. The summed E-state index contributed by atoms with van der Waals surface area (Å²) in [6.07, 6.45) is -0.261. The zero-order valence-corrected chi connectivity index (χ0v) is 13.6.